The van der Waals surface area contributed by atoms with Crippen LogP contribution in [0.25, 0.3) is 10.8 Å². The average molecular weight is 270 g/mol. The number of aryl methyl sites for hydroxylation is 1. The van der Waals surface area contributed by atoms with Gasteiger partial charge in [-0.3, -0.25) is 4.79 Å². The molecule has 1 aromatic heterocycles. The molecule has 0 saturated carbocycles. The summed E-state index contributed by atoms with van der Waals surface area (Å²) in [6, 6.07) is 11.9. The van der Waals surface area contributed by atoms with Crippen molar-refractivity contribution in [2.45, 2.75) is 6.92 Å². The fourth-order valence-corrected chi connectivity index (χ4v) is 2.86. The smallest absolute Gasteiger partial charge is 0.194 e. The van der Waals surface area contributed by atoms with Crippen LogP contribution in [0.15, 0.2) is 47.8 Å². The summed E-state index contributed by atoms with van der Waals surface area (Å²) in [4.78, 5) is 13.6. The van der Waals surface area contributed by atoms with Crippen molar-refractivity contribution in [1.29, 1.82) is 0 Å². The van der Waals surface area contributed by atoms with Gasteiger partial charge in [-0.25, -0.2) is 4.39 Å². The first kappa shape index (κ1) is 12.1. The lowest BCUT2D eigenvalue weighted by atomic mass is 9.98. The van der Waals surface area contributed by atoms with Gasteiger partial charge >= 0.3 is 0 Å². The number of hydrogen-bond acceptors (Lipinski definition) is 2. The Balaban J connectivity index is 2.21. The molecule has 0 radical (unpaired) electrons. The molecule has 19 heavy (non-hydrogen) atoms. The molecular weight excluding hydrogens is 259 g/mol. The van der Waals surface area contributed by atoms with E-state index < -0.39 is 0 Å². The van der Waals surface area contributed by atoms with Crippen LogP contribution in [-0.2, 0) is 0 Å². The molecule has 0 spiro atoms. The van der Waals surface area contributed by atoms with E-state index in [0.717, 1.165) is 4.88 Å². The van der Waals surface area contributed by atoms with Gasteiger partial charge in [-0.2, -0.15) is 0 Å². The number of thiophene rings is 1. The molecule has 0 amide bonds. The summed E-state index contributed by atoms with van der Waals surface area (Å²) in [5, 5.41) is 2.99. The quantitative estimate of drug-likeness (QED) is 0.623. The summed E-state index contributed by atoms with van der Waals surface area (Å²) < 4.78 is 13.7. The molecule has 3 aromatic rings. The summed E-state index contributed by atoms with van der Waals surface area (Å²) in [6.07, 6.45) is 0. The maximum atomic E-state index is 13.7. The standard InChI is InChI=1S/C16H11FOS/c1-10-8-11(9-19-10)16(18)14-6-7-15(17)13-5-3-2-4-12(13)14/h2-9H,1H3. The average Bonchev–Trinajstić information content (AvgIpc) is 2.86. The predicted octanol–water partition coefficient (Wildman–Crippen LogP) is 4.58. The molecule has 0 bridgehead atoms. The Bertz CT molecular complexity index is 773. The van der Waals surface area contributed by atoms with Gasteiger partial charge in [-0.05, 0) is 30.5 Å². The molecule has 0 unspecified atom stereocenters. The lowest BCUT2D eigenvalue weighted by Crippen LogP contribution is -2.01. The Kier molecular flexibility index (Phi) is 2.91. The summed E-state index contributed by atoms with van der Waals surface area (Å²) in [6.45, 7) is 1.96. The van der Waals surface area contributed by atoms with E-state index in [4.69, 9.17) is 0 Å². The number of hydrogen-bond donors (Lipinski definition) is 0. The number of ketones is 1. The van der Waals surface area contributed by atoms with E-state index in [-0.39, 0.29) is 11.6 Å². The van der Waals surface area contributed by atoms with Crippen molar-refractivity contribution < 1.29 is 9.18 Å². The molecule has 3 rings (SSSR count). The van der Waals surface area contributed by atoms with Gasteiger partial charge < -0.3 is 0 Å². The van der Waals surface area contributed by atoms with Gasteiger partial charge in [-0.15, -0.1) is 11.3 Å². The third-order valence-corrected chi connectivity index (χ3v) is 3.97. The summed E-state index contributed by atoms with van der Waals surface area (Å²) >= 11 is 1.54. The normalized spacial score (nSPS) is 10.8. The Morgan fingerprint density at radius 2 is 1.84 bits per heavy atom. The molecule has 0 fully saturated rings. The van der Waals surface area contributed by atoms with Crippen LogP contribution in [0.5, 0.6) is 0 Å². The number of carbonyl (C=O) groups excluding carboxylic acids is 1. The van der Waals surface area contributed by atoms with Gasteiger partial charge in [0.2, 0.25) is 0 Å². The van der Waals surface area contributed by atoms with Crippen LogP contribution < -0.4 is 0 Å². The van der Waals surface area contributed by atoms with E-state index in [2.05, 4.69) is 0 Å². The van der Waals surface area contributed by atoms with Crippen LogP contribution >= 0.6 is 11.3 Å². The molecule has 2 aromatic carbocycles. The highest BCUT2D eigenvalue weighted by molar-refractivity contribution is 7.10. The lowest BCUT2D eigenvalue weighted by Gasteiger charge is -2.05. The van der Waals surface area contributed by atoms with E-state index in [1.807, 2.05) is 24.4 Å². The minimum Gasteiger partial charge on any atom is -0.289 e. The van der Waals surface area contributed by atoms with Gasteiger partial charge in [0.1, 0.15) is 5.82 Å². The fraction of sp³-hybridized carbons (Fsp3) is 0.0625. The number of benzene rings is 2. The van der Waals surface area contributed by atoms with Crippen LogP contribution in [0.3, 0.4) is 0 Å². The molecule has 1 heterocycles. The fourth-order valence-electron chi connectivity index (χ4n) is 2.18. The highest BCUT2D eigenvalue weighted by Crippen LogP contribution is 2.25. The van der Waals surface area contributed by atoms with E-state index >= 15 is 0 Å². The van der Waals surface area contributed by atoms with Crippen LogP contribution in [0, 0.1) is 12.7 Å². The largest absolute Gasteiger partial charge is 0.289 e. The zero-order valence-electron chi connectivity index (χ0n) is 10.3. The van der Waals surface area contributed by atoms with E-state index in [1.165, 1.54) is 6.07 Å². The maximum absolute atomic E-state index is 13.7. The SMILES string of the molecule is Cc1cc(C(=O)c2ccc(F)c3ccccc23)cs1. The van der Waals surface area contributed by atoms with Crippen molar-refractivity contribution in [2.24, 2.45) is 0 Å². The van der Waals surface area contributed by atoms with Gasteiger partial charge in [0.15, 0.2) is 5.78 Å². The van der Waals surface area contributed by atoms with Crippen LogP contribution in [0.2, 0.25) is 0 Å². The van der Waals surface area contributed by atoms with Crippen LogP contribution in [0.1, 0.15) is 20.8 Å². The third-order valence-electron chi connectivity index (χ3n) is 3.11. The molecular formula is C16H11FOS. The Labute approximate surface area is 114 Å². The zero-order chi connectivity index (χ0) is 13.4. The van der Waals surface area contributed by atoms with Crippen molar-refractivity contribution in [3.63, 3.8) is 0 Å². The molecule has 0 atom stereocenters. The minimum atomic E-state index is -0.298. The first-order valence-corrected chi connectivity index (χ1v) is 6.82. The topological polar surface area (TPSA) is 17.1 Å². The summed E-state index contributed by atoms with van der Waals surface area (Å²) in [5.74, 6) is -0.353. The lowest BCUT2D eigenvalue weighted by molar-refractivity contribution is 0.104. The maximum Gasteiger partial charge on any atom is 0.194 e. The highest BCUT2D eigenvalue weighted by Gasteiger charge is 2.15. The van der Waals surface area contributed by atoms with Crippen molar-refractivity contribution in [2.75, 3.05) is 0 Å². The predicted molar refractivity (Wildman–Crippen MR) is 76.4 cm³/mol. The monoisotopic (exact) mass is 270 g/mol. The second-order valence-corrected chi connectivity index (χ2v) is 5.53. The van der Waals surface area contributed by atoms with Crippen molar-refractivity contribution >= 4 is 27.9 Å². The molecule has 1 nitrogen and oxygen atoms in total. The third kappa shape index (κ3) is 2.06. The molecule has 3 heteroatoms. The number of carbonyl (C=O) groups is 1. The minimum absolute atomic E-state index is 0.0550. The Morgan fingerprint density at radius 1 is 1.11 bits per heavy atom. The van der Waals surface area contributed by atoms with E-state index in [0.29, 0.717) is 21.9 Å². The second-order valence-electron chi connectivity index (χ2n) is 4.42. The number of rotatable bonds is 2. The second kappa shape index (κ2) is 4.59. The van der Waals surface area contributed by atoms with Gasteiger partial charge in [0.25, 0.3) is 0 Å². The van der Waals surface area contributed by atoms with Crippen LogP contribution in [0.4, 0.5) is 4.39 Å². The number of halogens is 1. The molecule has 0 aliphatic carbocycles. The number of fused-ring (bicyclic) bond motifs is 1. The summed E-state index contributed by atoms with van der Waals surface area (Å²) in [7, 11) is 0. The summed E-state index contributed by atoms with van der Waals surface area (Å²) in [5.41, 5.74) is 1.22. The molecule has 0 aliphatic rings. The highest BCUT2D eigenvalue weighted by atomic mass is 32.1. The van der Waals surface area contributed by atoms with Crippen molar-refractivity contribution in [3.8, 4) is 0 Å². The van der Waals surface area contributed by atoms with Crippen LogP contribution in [-0.4, -0.2) is 5.78 Å². The van der Waals surface area contributed by atoms with Crippen molar-refractivity contribution in [3.05, 3.63) is 69.7 Å². The van der Waals surface area contributed by atoms with E-state index in [1.54, 1.807) is 35.6 Å². The Morgan fingerprint density at radius 3 is 2.53 bits per heavy atom. The first-order chi connectivity index (χ1) is 9.16. The first-order valence-electron chi connectivity index (χ1n) is 5.94. The van der Waals surface area contributed by atoms with Crippen molar-refractivity contribution in [1.82, 2.24) is 0 Å². The van der Waals surface area contributed by atoms with Gasteiger partial charge in [0, 0.05) is 26.8 Å². The van der Waals surface area contributed by atoms with Gasteiger partial charge in [-0.1, -0.05) is 24.3 Å². The van der Waals surface area contributed by atoms with Gasteiger partial charge in [0.05, 0.1) is 0 Å². The molecule has 0 saturated heterocycles. The molecule has 94 valence electrons. The zero-order valence-corrected chi connectivity index (χ0v) is 11.1. The molecule has 0 N–H and O–H groups in total. The van der Waals surface area contributed by atoms with E-state index in [9.17, 15) is 9.18 Å². The Hall–Kier alpha value is -2.00. The molecule has 0 aliphatic heterocycles.